The van der Waals surface area contributed by atoms with E-state index in [1.54, 1.807) is 0 Å². The summed E-state index contributed by atoms with van der Waals surface area (Å²) in [5.74, 6) is 0.827. The van der Waals surface area contributed by atoms with Crippen LogP contribution in [0.15, 0.2) is 0 Å². The number of alkyl halides is 1. The van der Waals surface area contributed by atoms with E-state index in [-0.39, 0.29) is 18.3 Å². The van der Waals surface area contributed by atoms with Gasteiger partial charge in [-0.05, 0) is 6.42 Å². The molecule has 8 heavy (non-hydrogen) atoms. The molecule has 0 amide bonds. The molecule has 46 valence electrons. The molecule has 3 heteroatoms. The summed E-state index contributed by atoms with van der Waals surface area (Å²) < 4.78 is 8.38. The molecule has 0 radical (unpaired) electrons. The second-order valence-corrected chi connectivity index (χ2v) is 1.77. The maximum atomic E-state index is 8.38. The van der Waals surface area contributed by atoms with Gasteiger partial charge in [0.15, 0.2) is 0 Å². The molecule has 0 bridgehead atoms. The van der Waals surface area contributed by atoms with Crippen LogP contribution in [0.25, 0.3) is 0 Å². The molecule has 0 saturated carbocycles. The van der Waals surface area contributed by atoms with E-state index in [1.807, 2.05) is 0 Å². The monoisotopic (exact) mass is 186 g/mol. The van der Waals surface area contributed by atoms with Gasteiger partial charge in [0.2, 0.25) is 0 Å². The molecule has 0 aromatic carbocycles. The third kappa shape index (κ3) is 15.9. The molecule has 0 aliphatic rings. The molecule has 0 heterocycles. The molecular formula is C5H11ClOZn. The summed E-state index contributed by atoms with van der Waals surface area (Å²) in [6.07, 6.45) is 3.73. The number of halogens is 1. The Morgan fingerprint density at radius 1 is 1.38 bits per heavy atom. The summed E-state index contributed by atoms with van der Waals surface area (Å²) in [6.45, 7) is 2.17. The van der Waals surface area contributed by atoms with Crippen molar-refractivity contribution in [1.82, 2.24) is 0 Å². The zero-order chi connectivity index (χ0) is 6.83. The number of rotatable bonds is 3. The van der Waals surface area contributed by atoms with E-state index in [2.05, 4.69) is 6.92 Å². The van der Waals surface area contributed by atoms with Gasteiger partial charge in [-0.25, -0.2) is 0 Å². The topological polar surface area (TPSA) is 17.1 Å². The molecule has 0 rings (SSSR count). The van der Waals surface area contributed by atoms with Crippen molar-refractivity contribution < 1.29 is 21.8 Å². The summed E-state index contributed by atoms with van der Waals surface area (Å²) in [6, 6.07) is 0. The summed E-state index contributed by atoms with van der Waals surface area (Å²) >= 11 is 5.51. The van der Waals surface area contributed by atoms with Crippen LogP contribution in [0.4, 0.5) is 0 Å². The van der Waals surface area contributed by atoms with Crippen molar-refractivity contribution in [3.8, 4) is 0 Å². The van der Waals surface area contributed by atoms with Crippen molar-refractivity contribution in [1.29, 1.82) is 0 Å². The van der Waals surface area contributed by atoms with E-state index in [0.29, 0.717) is 0 Å². The molecule has 0 unspecified atom stereocenters. The Kier molecular flexibility index (Phi) is 22.5. The van der Waals surface area contributed by atoms with E-state index in [1.165, 1.54) is 19.3 Å². The second-order valence-electron chi connectivity index (χ2n) is 1.40. The van der Waals surface area contributed by atoms with E-state index in [9.17, 15) is 0 Å². The van der Waals surface area contributed by atoms with Gasteiger partial charge >= 0.3 is 21.8 Å². The fraction of sp³-hybridized carbons (Fsp3) is 1.00. The summed E-state index contributed by atoms with van der Waals surface area (Å²) in [7, 11) is 0. The molecule has 0 N–H and O–H groups in total. The van der Waals surface area contributed by atoms with Gasteiger partial charge in [0.25, 0.3) is 0 Å². The fourth-order valence-electron chi connectivity index (χ4n) is 0.344. The van der Waals surface area contributed by atoms with Crippen LogP contribution >= 0.6 is 11.6 Å². The van der Waals surface area contributed by atoms with E-state index in [4.69, 9.17) is 15.2 Å². The van der Waals surface area contributed by atoms with Gasteiger partial charge in [-0.15, -0.1) is 11.6 Å². The first-order valence-corrected chi connectivity index (χ1v) is 4.51. The van der Waals surface area contributed by atoms with Gasteiger partial charge in [-0.2, -0.15) is 0 Å². The Labute approximate surface area is 65.7 Å². The predicted molar refractivity (Wildman–Crippen MR) is 30.9 cm³/mol. The van der Waals surface area contributed by atoms with Crippen molar-refractivity contribution in [2.24, 2.45) is 0 Å². The van der Waals surface area contributed by atoms with Crippen molar-refractivity contribution in [2.75, 3.05) is 5.88 Å². The van der Waals surface area contributed by atoms with Gasteiger partial charge in [0, 0.05) is 5.88 Å². The number of hydrogen-bond acceptors (Lipinski definition) is 1. The fourth-order valence-corrected chi connectivity index (χ4v) is 0.533. The molecule has 0 atom stereocenters. The van der Waals surface area contributed by atoms with Crippen molar-refractivity contribution in [3.63, 3.8) is 0 Å². The van der Waals surface area contributed by atoms with Gasteiger partial charge in [0.05, 0.1) is 0 Å². The molecular weight excluding hydrogens is 177 g/mol. The van der Waals surface area contributed by atoms with Gasteiger partial charge in [-0.1, -0.05) is 19.8 Å². The normalized spacial score (nSPS) is 7.50. The van der Waals surface area contributed by atoms with Gasteiger partial charge < -0.3 is 0 Å². The number of hydrogen-bond donors (Lipinski definition) is 0. The van der Waals surface area contributed by atoms with Gasteiger partial charge in [-0.3, -0.25) is 0 Å². The minimum absolute atomic E-state index is 0.125. The van der Waals surface area contributed by atoms with E-state index < -0.39 is 0 Å². The summed E-state index contributed by atoms with van der Waals surface area (Å²) in [5, 5.41) is 0. The SMILES string of the molecule is CCCCCCl.[O]=[Zn]. The second kappa shape index (κ2) is 15.6. The average Bonchev–Trinajstić information content (AvgIpc) is 1.88. The average molecular weight is 188 g/mol. The van der Waals surface area contributed by atoms with Crippen LogP contribution in [0.2, 0.25) is 0 Å². The first kappa shape index (κ1) is 11.5. The van der Waals surface area contributed by atoms with Crippen LogP contribution in [-0.2, 0) is 21.8 Å². The molecule has 0 fully saturated rings. The van der Waals surface area contributed by atoms with Gasteiger partial charge in [0.1, 0.15) is 0 Å². The quantitative estimate of drug-likeness (QED) is 0.377. The first-order chi connectivity index (χ1) is 3.91. The van der Waals surface area contributed by atoms with Crippen molar-refractivity contribution >= 4 is 11.6 Å². The van der Waals surface area contributed by atoms with E-state index >= 15 is 0 Å². The van der Waals surface area contributed by atoms with Crippen LogP contribution in [0.3, 0.4) is 0 Å². The Morgan fingerprint density at radius 3 is 2.00 bits per heavy atom. The number of unbranched alkanes of at least 4 members (excludes halogenated alkanes) is 2. The Bertz CT molecular complexity index is 31.6. The van der Waals surface area contributed by atoms with E-state index in [0.717, 1.165) is 5.88 Å². The Morgan fingerprint density at radius 2 is 1.88 bits per heavy atom. The molecule has 0 spiro atoms. The molecule has 0 aliphatic carbocycles. The van der Waals surface area contributed by atoms with Crippen molar-refractivity contribution in [2.45, 2.75) is 26.2 Å². The van der Waals surface area contributed by atoms with Crippen molar-refractivity contribution in [3.05, 3.63) is 0 Å². The van der Waals surface area contributed by atoms with Crippen LogP contribution in [0.5, 0.6) is 0 Å². The molecule has 0 aliphatic heterocycles. The van der Waals surface area contributed by atoms with Crippen LogP contribution in [0, 0.1) is 0 Å². The summed E-state index contributed by atoms with van der Waals surface area (Å²) in [5.41, 5.74) is 0. The maximum absolute atomic E-state index is 8.38. The van der Waals surface area contributed by atoms with Crippen LogP contribution in [0.1, 0.15) is 26.2 Å². The molecule has 0 aromatic heterocycles. The Hall–Kier alpha value is 0.713. The third-order valence-corrected chi connectivity index (χ3v) is 1.00. The standard InChI is InChI=1S/C5H11Cl.O.Zn/c1-2-3-4-5-6;;/h2-5H2,1H3;;. The summed E-state index contributed by atoms with van der Waals surface area (Å²) in [4.78, 5) is 0. The van der Waals surface area contributed by atoms with Crippen LogP contribution < -0.4 is 0 Å². The minimum atomic E-state index is 0.125. The molecule has 0 saturated heterocycles. The third-order valence-electron chi connectivity index (χ3n) is 0.737. The Balaban J connectivity index is 0. The zero-order valence-corrected chi connectivity index (χ0v) is 9.04. The predicted octanol–water partition coefficient (Wildman–Crippen LogP) is 2.29. The molecule has 1 nitrogen and oxygen atoms in total. The molecule has 0 aromatic rings. The first-order valence-electron chi connectivity index (χ1n) is 2.76. The van der Waals surface area contributed by atoms with Crippen LogP contribution in [-0.4, -0.2) is 5.88 Å². The zero-order valence-electron chi connectivity index (χ0n) is 5.32.